The first-order valence-electron chi connectivity index (χ1n) is 8.09. The molecule has 2 saturated heterocycles. The molecule has 23 heavy (non-hydrogen) atoms. The molecule has 1 unspecified atom stereocenters. The van der Waals surface area contributed by atoms with Crippen molar-refractivity contribution in [2.24, 2.45) is 0 Å². The van der Waals surface area contributed by atoms with Crippen LogP contribution in [0.25, 0.3) is 0 Å². The molecule has 2 heterocycles. The van der Waals surface area contributed by atoms with Crippen molar-refractivity contribution in [2.45, 2.75) is 38.5 Å². The van der Waals surface area contributed by atoms with E-state index in [-0.39, 0.29) is 17.9 Å². The van der Waals surface area contributed by atoms with E-state index >= 15 is 0 Å². The fourth-order valence-corrected chi connectivity index (χ4v) is 3.08. The molecule has 0 aliphatic carbocycles. The third-order valence-electron chi connectivity index (χ3n) is 4.47. The Labute approximate surface area is 136 Å². The van der Waals surface area contributed by atoms with Crippen LogP contribution in [0.15, 0.2) is 24.3 Å². The first-order valence-corrected chi connectivity index (χ1v) is 8.09. The van der Waals surface area contributed by atoms with Crippen molar-refractivity contribution in [2.75, 3.05) is 24.6 Å². The normalized spacial score (nSPS) is 28.0. The average molecular weight is 317 g/mol. The highest BCUT2D eigenvalue weighted by atomic mass is 16.5. The molecule has 0 bridgehead atoms. The van der Waals surface area contributed by atoms with Gasteiger partial charge in [0, 0.05) is 18.8 Å². The SMILES string of the molecule is Cc1ccc(N2CCC(NC(=O)[C@H]3NCCO[C@@H]3C)C2=O)cc1. The van der Waals surface area contributed by atoms with E-state index in [1.165, 1.54) is 0 Å². The Morgan fingerprint density at radius 1 is 1.35 bits per heavy atom. The van der Waals surface area contributed by atoms with Crippen LogP contribution in [0.5, 0.6) is 0 Å². The Morgan fingerprint density at radius 2 is 2.09 bits per heavy atom. The fourth-order valence-electron chi connectivity index (χ4n) is 3.08. The smallest absolute Gasteiger partial charge is 0.249 e. The summed E-state index contributed by atoms with van der Waals surface area (Å²) in [6, 6.07) is 7.00. The zero-order valence-electron chi connectivity index (χ0n) is 13.5. The number of nitrogens with one attached hydrogen (secondary N) is 2. The van der Waals surface area contributed by atoms with Gasteiger partial charge in [0.05, 0.1) is 12.7 Å². The lowest BCUT2D eigenvalue weighted by Crippen LogP contribution is -2.57. The summed E-state index contributed by atoms with van der Waals surface area (Å²) in [6.45, 7) is 5.76. The van der Waals surface area contributed by atoms with Gasteiger partial charge in [0.1, 0.15) is 12.1 Å². The number of carbonyl (C=O) groups is 2. The zero-order valence-corrected chi connectivity index (χ0v) is 13.5. The molecule has 3 rings (SSSR count). The molecule has 0 saturated carbocycles. The van der Waals surface area contributed by atoms with Crippen LogP contribution in [0.2, 0.25) is 0 Å². The number of anilines is 1. The van der Waals surface area contributed by atoms with Gasteiger partial charge in [-0.15, -0.1) is 0 Å². The molecule has 2 fully saturated rings. The number of hydrogen-bond donors (Lipinski definition) is 2. The third kappa shape index (κ3) is 3.38. The van der Waals surface area contributed by atoms with Gasteiger partial charge in [0.25, 0.3) is 0 Å². The highest BCUT2D eigenvalue weighted by Crippen LogP contribution is 2.22. The highest BCUT2D eigenvalue weighted by molar-refractivity contribution is 6.01. The second-order valence-corrected chi connectivity index (χ2v) is 6.18. The topological polar surface area (TPSA) is 70.7 Å². The van der Waals surface area contributed by atoms with Crippen LogP contribution < -0.4 is 15.5 Å². The molecule has 2 amide bonds. The van der Waals surface area contributed by atoms with Crippen LogP contribution in [-0.2, 0) is 14.3 Å². The summed E-state index contributed by atoms with van der Waals surface area (Å²) in [5.41, 5.74) is 2.03. The molecule has 2 aliphatic heterocycles. The van der Waals surface area contributed by atoms with Gasteiger partial charge < -0.3 is 20.3 Å². The Balaban J connectivity index is 1.62. The van der Waals surface area contributed by atoms with Crippen LogP contribution in [-0.4, -0.2) is 49.7 Å². The molecule has 2 N–H and O–H groups in total. The van der Waals surface area contributed by atoms with Crippen molar-refractivity contribution < 1.29 is 14.3 Å². The molecular weight excluding hydrogens is 294 g/mol. The van der Waals surface area contributed by atoms with Gasteiger partial charge in [-0.1, -0.05) is 17.7 Å². The minimum Gasteiger partial charge on any atom is -0.375 e. The molecule has 3 atom stereocenters. The number of rotatable bonds is 3. The number of hydrogen-bond acceptors (Lipinski definition) is 4. The zero-order chi connectivity index (χ0) is 16.4. The molecule has 0 radical (unpaired) electrons. The molecular formula is C17H23N3O3. The van der Waals surface area contributed by atoms with Gasteiger partial charge >= 0.3 is 0 Å². The number of aryl methyl sites for hydroxylation is 1. The first-order chi connectivity index (χ1) is 11.1. The fraction of sp³-hybridized carbons (Fsp3) is 0.529. The maximum absolute atomic E-state index is 12.6. The van der Waals surface area contributed by atoms with Crippen LogP contribution in [0.3, 0.4) is 0 Å². The van der Waals surface area contributed by atoms with Gasteiger partial charge in [-0.25, -0.2) is 0 Å². The van der Waals surface area contributed by atoms with Crippen LogP contribution in [0.1, 0.15) is 18.9 Å². The lowest BCUT2D eigenvalue weighted by molar-refractivity contribution is -0.132. The maximum atomic E-state index is 12.6. The van der Waals surface area contributed by atoms with E-state index in [2.05, 4.69) is 10.6 Å². The van der Waals surface area contributed by atoms with E-state index in [1.807, 2.05) is 38.1 Å². The molecule has 124 valence electrons. The Morgan fingerprint density at radius 3 is 2.78 bits per heavy atom. The van der Waals surface area contributed by atoms with E-state index in [4.69, 9.17) is 4.74 Å². The second kappa shape index (κ2) is 6.68. The van der Waals surface area contributed by atoms with Gasteiger partial charge in [-0.05, 0) is 32.4 Å². The Bertz CT molecular complexity index is 587. The quantitative estimate of drug-likeness (QED) is 0.856. The molecule has 0 aromatic heterocycles. The van der Waals surface area contributed by atoms with Gasteiger partial charge in [0.2, 0.25) is 11.8 Å². The third-order valence-corrected chi connectivity index (χ3v) is 4.47. The number of carbonyl (C=O) groups excluding carboxylic acids is 2. The predicted molar refractivity (Wildman–Crippen MR) is 87.3 cm³/mol. The molecule has 1 aromatic rings. The predicted octanol–water partition coefficient (Wildman–Crippen LogP) is 0.593. The van der Waals surface area contributed by atoms with Crippen molar-refractivity contribution in [1.29, 1.82) is 0 Å². The van der Waals surface area contributed by atoms with Crippen LogP contribution >= 0.6 is 0 Å². The number of nitrogens with zero attached hydrogens (tertiary/aromatic N) is 1. The molecule has 6 heteroatoms. The monoisotopic (exact) mass is 317 g/mol. The highest BCUT2D eigenvalue weighted by Gasteiger charge is 2.36. The molecule has 1 aromatic carbocycles. The second-order valence-electron chi connectivity index (χ2n) is 6.18. The maximum Gasteiger partial charge on any atom is 0.249 e. The lowest BCUT2D eigenvalue weighted by Gasteiger charge is -2.30. The number of amides is 2. The summed E-state index contributed by atoms with van der Waals surface area (Å²) in [5, 5.41) is 6.01. The van der Waals surface area contributed by atoms with Crippen molar-refractivity contribution >= 4 is 17.5 Å². The van der Waals surface area contributed by atoms with Crippen molar-refractivity contribution in [3.63, 3.8) is 0 Å². The van der Waals surface area contributed by atoms with E-state index in [0.717, 1.165) is 11.3 Å². The summed E-state index contributed by atoms with van der Waals surface area (Å²) < 4.78 is 5.49. The molecule has 6 nitrogen and oxygen atoms in total. The summed E-state index contributed by atoms with van der Waals surface area (Å²) in [6.07, 6.45) is 0.439. The largest absolute Gasteiger partial charge is 0.375 e. The Kier molecular flexibility index (Phi) is 4.63. The number of morpholine rings is 1. The minimum absolute atomic E-state index is 0.0495. The van der Waals surface area contributed by atoms with Gasteiger partial charge in [-0.3, -0.25) is 9.59 Å². The van der Waals surface area contributed by atoms with Crippen LogP contribution in [0.4, 0.5) is 5.69 Å². The van der Waals surface area contributed by atoms with Crippen LogP contribution in [0, 0.1) is 6.92 Å². The lowest BCUT2D eigenvalue weighted by atomic mass is 10.1. The summed E-state index contributed by atoms with van der Waals surface area (Å²) in [4.78, 5) is 26.7. The van der Waals surface area contributed by atoms with Crippen molar-refractivity contribution in [3.8, 4) is 0 Å². The van der Waals surface area contributed by atoms with Crippen molar-refractivity contribution in [1.82, 2.24) is 10.6 Å². The average Bonchev–Trinajstić information content (AvgIpc) is 2.89. The molecule has 0 spiro atoms. The van der Waals surface area contributed by atoms with E-state index < -0.39 is 12.1 Å². The minimum atomic E-state index is -0.459. The number of benzene rings is 1. The number of ether oxygens (including phenoxy) is 1. The summed E-state index contributed by atoms with van der Waals surface area (Å²) >= 11 is 0. The van der Waals surface area contributed by atoms with Gasteiger partial charge in [0.15, 0.2) is 0 Å². The Hall–Kier alpha value is -1.92. The van der Waals surface area contributed by atoms with E-state index in [0.29, 0.717) is 26.1 Å². The summed E-state index contributed by atoms with van der Waals surface area (Å²) in [5.74, 6) is -0.215. The van der Waals surface area contributed by atoms with Crippen molar-refractivity contribution in [3.05, 3.63) is 29.8 Å². The van der Waals surface area contributed by atoms with Gasteiger partial charge in [-0.2, -0.15) is 0 Å². The summed E-state index contributed by atoms with van der Waals surface area (Å²) in [7, 11) is 0. The first kappa shape index (κ1) is 16.0. The van der Waals surface area contributed by atoms with E-state index in [9.17, 15) is 9.59 Å². The molecule has 2 aliphatic rings. The standard InChI is InChI=1S/C17H23N3O3/c1-11-3-5-13(6-4-11)20-9-7-14(17(20)22)19-16(21)15-12(2)23-10-8-18-15/h3-6,12,14-15,18H,7-10H2,1-2H3,(H,19,21)/t12-,14?,15+/m1/s1. The van der Waals surface area contributed by atoms with E-state index in [1.54, 1.807) is 4.90 Å².